The van der Waals surface area contributed by atoms with Crippen LogP contribution in [0.5, 0.6) is 0 Å². The minimum Gasteiger partial charge on any atom is -0.354 e. The maximum absolute atomic E-state index is 12.9. The zero-order valence-corrected chi connectivity index (χ0v) is 11.0. The van der Waals surface area contributed by atoms with Gasteiger partial charge in [-0.05, 0) is 31.5 Å². The molecule has 0 fully saturated rings. The van der Waals surface area contributed by atoms with Gasteiger partial charge >= 0.3 is 6.18 Å². The average Bonchev–Trinajstić information content (AvgIpc) is 2.38. The van der Waals surface area contributed by atoms with E-state index in [0.717, 1.165) is 11.6 Å². The number of nitrogens with one attached hydrogen (secondary N) is 1. The van der Waals surface area contributed by atoms with Crippen molar-refractivity contribution in [3.8, 4) is 11.3 Å². The van der Waals surface area contributed by atoms with Gasteiger partial charge in [-0.2, -0.15) is 13.2 Å². The van der Waals surface area contributed by atoms with Gasteiger partial charge in [0.1, 0.15) is 0 Å². The summed E-state index contributed by atoms with van der Waals surface area (Å²) in [6, 6.07) is 2.66. The first-order valence-electron chi connectivity index (χ1n) is 6.03. The SMILES string of the molecule is CCNc1nc(-c2cnccc2C)cc(C(F)(F)F)n1. The third kappa shape index (κ3) is 3.04. The molecule has 2 heterocycles. The zero-order valence-electron chi connectivity index (χ0n) is 11.0. The summed E-state index contributed by atoms with van der Waals surface area (Å²) in [5, 5.41) is 2.71. The molecule has 0 aliphatic heterocycles. The molecule has 0 amide bonds. The monoisotopic (exact) mass is 282 g/mol. The van der Waals surface area contributed by atoms with Crippen LogP contribution in [0.2, 0.25) is 0 Å². The van der Waals surface area contributed by atoms with Crippen molar-refractivity contribution in [1.82, 2.24) is 15.0 Å². The van der Waals surface area contributed by atoms with Crippen LogP contribution in [0, 0.1) is 6.92 Å². The minimum absolute atomic E-state index is 0.0411. The van der Waals surface area contributed by atoms with Crippen LogP contribution in [0.1, 0.15) is 18.2 Å². The Morgan fingerprint density at radius 3 is 2.60 bits per heavy atom. The Labute approximate surface area is 114 Å². The van der Waals surface area contributed by atoms with E-state index in [1.165, 1.54) is 6.20 Å². The van der Waals surface area contributed by atoms with E-state index in [1.807, 2.05) is 0 Å². The van der Waals surface area contributed by atoms with Gasteiger partial charge in [0.2, 0.25) is 5.95 Å². The minimum atomic E-state index is -4.52. The Hall–Kier alpha value is -2.18. The van der Waals surface area contributed by atoms with Crippen LogP contribution in [-0.2, 0) is 6.18 Å². The predicted molar refractivity (Wildman–Crippen MR) is 69.2 cm³/mol. The fraction of sp³-hybridized carbons (Fsp3) is 0.308. The van der Waals surface area contributed by atoms with Gasteiger partial charge < -0.3 is 5.32 Å². The molecule has 0 unspecified atom stereocenters. The molecule has 1 N–H and O–H groups in total. The fourth-order valence-corrected chi connectivity index (χ4v) is 1.70. The second-order valence-electron chi connectivity index (χ2n) is 4.18. The van der Waals surface area contributed by atoms with Gasteiger partial charge in [0, 0.05) is 24.5 Å². The first-order chi connectivity index (χ1) is 9.41. The van der Waals surface area contributed by atoms with Crippen LogP contribution in [0.3, 0.4) is 0 Å². The number of halogens is 3. The highest BCUT2D eigenvalue weighted by Gasteiger charge is 2.33. The molecule has 0 saturated heterocycles. The largest absolute Gasteiger partial charge is 0.433 e. The Kier molecular flexibility index (Phi) is 3.87. The van der Waals surface area contributed by atoms with Crippen molar-refractivity contribution < 1.29 is 13.2 Å². The number of alkyl halides is 3. The van der Waals surface area contributed by atoms with Gasteiger partial charge in [0.15, 0.2) is 5.69 Å². The molecule has 0 bridgehead atoms. The summed E-state index contributed by atoms with van der Waals surface area (Å²) < 4.78 is 38.6. The highest BCUT2D eigenvalue weighted by molar-refractivity contribution is 5.63. The molecule has 0 aliphatic rings. The van der Waals surface area contributed by atoms with Crippen LogP contribution in [0.25, 0.3) is 11.3 Å². The van der Waals surface area contributed by atoms with Crippen LogP contribution in [-0.4, -0.2) is 21.5 Å². The van der Waals surface area contributed by atoms with E-state index >= 15 is 0 Å². The molecule has 2 rings (SSSR count). The predicted octanol–water partition coefficient (Wildman–Crippen LogP) is 3.30. The average molecular weight is 282 g/mol. The van der Waals surface area contributed by atoms with E-state index < -0.39 is 11.9 Å². The number of rotatable bonds is 3. The molecule has 0 aliphatic carbocycles. The van der Waals surface area contributed by atoms with Crippen LogP contribution < -0.4 is 5.32 Å². The van der Waals surface area contributed by atoms with Crippen molar-refractivity contribution in [1.29, 1.82) is 0 Å². The number of pyridine rings is 1. The van der Waals surface area contributed by atoms with Gasteiger partial charge in [0.25, 0.3) is 0 Å². The molecule has 0 saturated carbocycles. The molecule has 2 aromatic rings. The molecule has 0 aromatic carbocycles. The summed E-state index contributed by atoms with van der Waals surface area (Å²) in [5.41, 5.74) is 0.587. The topological polar surface area (TPSA) is 50.7 Å². The first-order valence-corrected chi connectivity index (χ1v) is 6.03. The van der Waals surface area contributed by atoms with Crippen LogP contribution >= 0.6 is 0 Å². The molecule has 0 atom stereocenters. The maximum Gasteiger partial charge on any atom is 0.433 e. The summed E-state index contributed by atoms with van der Waals surface area (Å²) in [5.74, 6) is -0.0411. The highest BCUT2D eigenvalue weighted by Crippen LogP contribution is 2.31. The van der Waals surface area contributed by atoms with Gasteiger partial charge in [-0.25, -0.2) is 9.97 Å². The Balaban J connectivity index is 2.58. The third-order valence-electron chi connectivity index (χ3n) is 2.67. The lowest BCUT2D eigenvalue weighted by atomic mass is 10.1. The van der Waals surface area contributed by atoms with E-state index in [9.17, 15) is 13.2 Å². The summed E-state index contributed by atoms with van der Waals surface area (Å²) in [6.07, 6.45) is -1.44. The molecule has 2 aromatic heterocycles. The van der Waals surface area contributed by atoms with E-state index in [1.54, 1.807) is 26.1 Å². The summed E-state index contributed by atoms with van der Waals surface area (Å²) >= 11 is 0. The fourth-order valence-electron chi connectivity index (χ4n) is 1.70. The van der Waals surface area contributed by atoms with Crippen molar-refractivity contribution >= 4 is 5.95 Å². The van der Waals surface area contributed by atoms with Gasteiger partial charge in [0.05, 0.1) is 5.69 Å². The zero-order chi connectivity index (χ0) is 14.8. The van der Waals surface area contributed by atoms with Gasteiger partial charge in [-0.1, -0.05) is 0 Å². The maximum atomic E-state index is 12.9. The Bertz CT molecular complexity index is 611. The Morgan fingerprint density at radius 2 is 2.00 bits per heavy atom. The lowest BCUT2D eigenvalue weighted by Gasteiger charge is -2.11. The van der Waals surface area contributed by atoms with Crippen molar-refractivity contribution in [2.75, 3.05) is 11.9 Å². The summed E-state index contributed by atoms with van der Waals surface area (Å²) in [6.45, 7) is 3.99. The highest BCUT2D eigenvalue weighted by atomic mass is 19.4. The number of aromatic nitrogens is 3. The van der Waals surface area contributed by atoms with E-state index in [0.29, 0.717) is 12.1 Å². The molecular weight excluding hydrogens is 269 g/mol. The number of aryl methyl sites for hydroxylation is 1. The second-order valence-corrected chi connectivity index (χ2v) is 4.18. The summed E-state index contributed by atoms with van der Waals surface area (Å²) in [7, 11) is 0. The molecule has 7 heteroatoms. The van der Waals surface area contributed by atoms with Crippen LogP contribution in [0.15, 0.2) is 24.5 Å². The summed E-state index contributed by atoms with van der Waals surface area (Å²) in [4.78, 5) is 11.5. The number of hydrogen-bond donors (Lipinski definition) is 1. The first kappa shape index (κ1) is 14.2. The van der Waals surface area contributed by atoms with E-state index in [-0.39, 0.29) is 11.6 Å². The molecule has 0 radical (unpaired) electrons. The van der Waals surface area contributed by atoms with Crippen molar-refractivity contribution in [2.24, 2.45) is 0 Å². The van der Waals surface area contributed by atoms with Crippen LogP contribution in [0.4, 0.5) is 19.1 Å². The van der Waals surface area contributed by atoms with E-state index in [4.69, 9.17) is 0 Å². The molecule has 4 nitrogen and oxygen atoms in total. The molecule has 0 spiro atoms. The van der Waals surface area contributed by atoms with Crippen molar-refractivity contribution in [3.05, 3.63) is 35.8 Å². The van der Waals surface area contributed by atoms with Gasteiger partial charge in [-0.3, -0.25) is 4.98 Å². The van der Waals surface area contributed by atoms with E-state index in [2.05, 4.69) is 20.3 Å². The normalized spacial score (nSPS) is 11.4. The molecular formula is C13H13F3N4. The van der Waals surface area contributed by atoms with Crippen molar-refractivity contribution in [2.45, 2.75) is 20.0 Å². The number of anilines is 1. The second kappa shape index (κ2) is 5.44. The molecule has 106 valence electrons. The number of hydrogen-bond acceptors (Lipinski definition) is 4. The smallest absolute Gasteiger partial charge is 0.354 e. The molecule has 20 heavy (non-hydrogen) atoms. The van der Waals surface area contributed by atoms with Crippen molar-refractivity contribution in [3.63, 3.8) is 0 Å². The standard InChI is InChI=1S/C13H13F3N4/c1-3-18-12-19-10(6-11(20-12)13(14,15)16)9-7-17-5-4-8(9)2/h4-7H,3H2,1-2H3,(H,18,19,20). The lowest BCUT2D eigenvalue weighted by Crippen LogP contribution is -2.12. The quantitative estimate of drug-likeness (QED) is 0.938. The Morgan fingerprint density at radius 1 is 1.25 bits per heavy atom. The third-order valence-corrected chi connectivity index (χ3v) is 2.67. The lowest BCUT2D eigenvalue weighted by molar-refractivity contribution is -0.141. The number of nitrogens with zero attached hydrogens (tertiary/aromatic N) is 3. The van der Waals surface area contributed by atoms with Gasteiger partial charge in [-0.15, -0.1) is 0 Å².